The second-order valence-corrected chi connectivity index (χ2v) is 5.12. The van der Waals surface area contributed by atoms with E-state index in [1.165, 1.54) is 5.56 Å². The summed E-state index contributed by atoms with van der Waals surface area (Å²) >= 11 is 0. The molecule has 0 aliphatic rings. The van der Waals surface area contributed by atoms with Gasteiger partial charge in [-0.3, -0.25) is 4.98 Å². The van der Waals surface area contributed by atoms with E-state index in [-0.39, 0.29) is 19.2 Å². The van der Waals surface area contributed by atoms with Gasteiger partial charge in [-0.25, -0.2) is 4.79 Å². The molecule has 0 saturated heterocycles. The Morgan fingerprint density at radius 1 is 1.12 bits per heavy atom. The van der Waals surface area contributed by atoms with Crippen molar-refractivity contribution in [3.05, 3.63) is 59.9 Å². The zero-order valence-corrected chi connectivity index (χ0v) is 13.7. The number of carbonyl (C=O) groups is 1. The molecule has 2 aromatic rings. The number of urea groups is 1. The number of benzene rings is 1. The molecule has 1 heterocycles. The van der Waals surface area contributed by atoms with E-state index in [4.69, 9.17) is 4.74 Å². The van der Waals surface area contributed by atoms with Crippen LogP contribution in [0.3, 0.4) is 0 Å². The molecule has 2 N–H and O–H groups in total. The Morgan fingerprint density at radius 3 is 2.71 bits per heavy atom. The molecule has 124 valence electrons. The third-order valence-electron chi connectivity index (χ3n) is 3.20. The summed E-state index contributed by atoms with van der Waals surface area (Å²) in [7, 11) is 0. The van der Waals surface area contributed by atoms with Gasteiger partial charge in [-0.05, 0) is 31.0 Å². The van der Waals surface area contributed by atoms with Crippen LogP contribution in [0.1, 0.15) is 11.3 Å². The molecule has 1 aromatic heterocycles. The van der Waals surface area contributed by atoms with Crippen molar-refractivity contribution in [1.82, 2.24) is 15.6 Å². The van der Waals surface area contributed by atoms with E-state index >= 15 is 0 Å². The zero-order valence-electron chi connectivity index (χ0n) is 13.7. The van der Waals surface area contributed by atoms with Crippen molar-refractivity contribution in [2.75, 3.05) is 19.7 Å². The fourth-order valence-electron chi connectivity index (χ4n) is 1.92. The maximum atomic E-state index is 11.6. The van der Waals surface area contributed by atoms with Gasteiger partial charge >= 0.3 is 6.03 Å². The lowest BCUT2D eigenvalue weighted by Crippen LogP contribution is -2.36. The topological polar surface area (TPSA) is 63.2 Å². The number of amides is 2. The van der Waals surface area contributed by atoms with Gasteiger partial charge in [0.2, 0.25) is 0 Å². The molecular weight excluding hydrogens is 302 g/mol. The number of rotatable bonds is 6. The number of nitrogens with zero attached hydrogens (tertiary/aromatic N) is 1. The first-order chi connectivity index (χ1) is 11.7. The van der Waals surface area contributed by atoms with Gasteiger partial charge in [0, 0.05) is 12.2 Å². The second kappa shape index (κ2) is 9.90. The number of hydrogen-bond acceptors (Lipinski definition) is 3. The third kappa shape index (κ3) is 6.84. The van der Waals surface area contributed by atoms with Gasteiger partial charge in [-0.15, -0.1) is 0 Å². The van der Waals surface area contributed by atoms with Crippen molar-refractivity contribution in [1.29, 1.82) is 0 Å². The molecule has 0 bridgehead atoms. The molecule has 0 fully saturated rings. The summed E-state index contributed by atoms with van der Waals surface area (Å²) in [6, 6.07) is 13.5. The van der Waals surface area contributed by atoms with Gasteiger partial charge in [0.05, 0.1) is 12.7 Å². The van der Waals surface area contributed by atoms with Crippen molar-refractivity contribution in [3.63, 3.8) is 0 Å². The fraction of sp³-hybridized carbons (Fsp3) is 0.263. The summed E-state index contributed by atoms with van der Waals surface area (Å²) in [4.78, 5) is 15.7. The SMILES string of the molecule is Cc1ccc(OCC#CCNC(=O)NCCc2ccccc2)cn1. The van der Waals surface area contributed by atoms with Gasteiger partial charge in [0.1, 0.15) is 12.4 Å². The zero-order chi connectivity index (χ0) is 17.0. The average molecular weight is 323 g/mol. The quantitative estimate of drug-likeness (QED) is 0.802. The molecule has 2 rings (SSSR count). The lowest BCUT2D eigenvalue weighted by atomic mass is 10.1. The minimum Gasteiger partial charge on any atom is -0.479 e. The number of aryl methyl sites for hydroxylation is 1. The number of hydrogen-bond donors (Lipinski definition) is 2. The lowest BCUT2D eigenvalue weighted by molar-refractivity contribution is 0.242. The molecule has 2 amide bonds. The highest BCUT2D eigenvalue weighted by Crippen LogP contribution is 2.07. The summed E-state index contributed by atoms with van der Waals surface area (Å²) in [5.74, 6) is 6.36. The largest absolute Gasteiger partial charge is 0.479 e. The van der Waals surface area contributed by atoms with Crippen molar-refractivity contribution < 1.29 is 9.53 Å². The van der Waals surface area contributed by atoms with Crippen LogP contribution in [-0.4, -0.2) is 30.7 Å². The van der Waals surface area contributed by atoms with Crippen LogP contribution in [0, 0.1) is 18.8 Å². The van der Waals surface area contributed by atoms with Crippen LogP contribution in [0.25, 0.3) is 0 Å². The molecule has 24 heavy (non-hydrogen) atoms. The first kappa shape index (κ1) is 17.4. The van der Waals surface area contributed by atoms with Crippen LogP contribution in [0.4, 0.5) is 4.79 Å². The summed E-state index contributed by atoms with van der Waals surface area (Å²) in [6.45, 7) is 3.06. The first-order valence-electron chi connectivity index (χ1n) is 7.81. The Bertz CT molecular complexity index is 688. The summed E-state index contributed by atoms with van der Waals surface area (Å²) < 4.78 is 5.42. The summed E-state index contributed by atoms with van der Waals surface area (Å²) in [6.07, 6.45) is 2.47. The molecule has 5 nitrogen and oxygen atoms in total. The molecule has 0 unspecified atom stereocenters. The van der Waals surface area contributed by atoms with Crippen molar-refractivity contribution >= 4 is 6.03 Å². The standard InChI is InChI=1S/C19H21N3O2/c1-16-9-10-18(15-22-16)24-14-6-5-12-20-19(23)21-13-11-17-7-3-2-4-8-17/h2-4,7-10,15H,11-14H2,1H3,(H2,20,21,23). The number of nitrogens with one attached hydrogen (secondary N) is 2. The van der Waals surface area contributed by atoms with Gasteiger partial charge in [-0.2, -0.15) is 0 Å². The number of ether oxygens (including phenoxy) is 1. The van der Waals surface area contributed by atoms with Crippen molar-refractivity contribution in [3.8, 4) is 17.6 Å². The maximum Gasteiger partial charge on any atom is 0.315 e. The summed E-state index contributed by atoms with van der Waals surface area (Å²) in [5.41, 5.74) is 2.14. The number of aromatic nitrogens is 1. The van der Waals surface area contributed by atoms with Crippen LogP contribution >= 0.6 is 0 Å². The molecule has 0 atom stereocenters. The monoisotopic (exact) mass is 323 g/mol. The van der Waals surface area contributed by atoms with Gasteiger partial charge in [-0.1, -0.05) is 42.2 Å². The van der Waals surface area contributed by atoms with Crippen LogP contribution < -0.4 is 15.4 Å². The number of pyridine rings is 1. The Hall–Kier alpha value is -3.00. The Balaban J connectivity index is 1.55. The molecule has 0 aliphatic heterocycles. The van der Waals surface area contributed by atoms with Crippen LogP contribution in [0.5, 0.6) is 5.75 Å². The number of carbonyl (C=O) groups excluding carboxylic acids is 1. The van der Waals surface area contributed by atoms with E-state index in [9.17, 15) is 4.79 Å². The molecule has 0 radical (unpaired) electrons. The first-order valence-corrected chi connectivity index (χ1v) is 7.81. The van der Waals surface area contributed by atoms with Gasteiger partial charge < -0.3 is 15.4 Å². The third-order valence-corrected chi connectivity index (χ3v) is 3.20. The van der Waals surface area contributed by atoms with E-state index in [2.05, 4.69) is 27.5 Å². The van der Waals surface area contributed by atoms with Gasteiger partial charge in [0.15, 0.2) is 0 Å². The smallest absolute Gasteiger partial charge is 0.315 e. The molecular formula is C19H21N3O2. The van der Waals surface area contributed by atoms with Crippen LogP contribution in [0.2, 0.25) is 0 Å². The Kier molecular flexibility index (Phi) is 7.16. The van der Waals surface area contributed by atoms with E-state index in [0.717, 1.165) is 12.1 Å². The molecule has 5 heteroatoms. The average Bonchev–Trinajstić information content (AvgIpc) is 2.60. The molecule has 0 saturated carbocycles. The highest BCUT2D eigenvalue weighted by molar-refractivity contribution is 5.74. The fourth-order valence-corrected chi connectivity index (χ4v) is 1.92. The van der Waals surface area contributed by atoms with Crippen molar-refractivity contribution in [2.24, 2.45) is 0 Å². The second-order valence-electron chi connectivity index (χ2n) is 5.12. The van der Waals surface area contributed by atoms with Crippen LogP contribution in [-0.2, 0) is 6.42 Å². The molecule has 0 spiro atoms. The predicted molar refractivity (Wildman–Crippen MR) is 93.8 cm³/mol. The lowest BCUT2D eigenvalue weighted by Gasteiger charge is -2.05. The predicted octanol–water partition coefficient (Wildman–Crippen LogP) is 2.31. The molecule has 1 aromatic carbocycles. The van der Waals surface area contributed by atoms with Gasteiger partial charge in [0.25, 0.3) is 0 Å². The van der Waals surface area contributed by atoms with Crippen LogP contribution in [0.15, 0.2) is 48.7 Å². The minimum absolute atomic E-state index is 0.219. The van der Waals surface area contributed by atoms with Crippen molar-refractivity contribution in [2.45, 2.75) is 13.3 Å². The highest BCUT2D eigenvalue weighted by atomic mass is 16.5. The highest BCUT2D eigenvalue weighted by Gasteiger charge is 1.97. The molecule has 0 aliphatic carbocycles. The Labute approximate surface area is 142 Å². The van der Waals surface area contributed by atoms with E-state index in [1.54, 1.807) is 6.20 Å². The van der Waals surface area contributed by atoms with E-state index in [0.29, 0.717) is 12.3 Å². The maximum absolute atomic E-state index is 11.6. The van der Waals surface area contributed by atoms with E-state index < -0.39 is 0 Å². The van der Waals surface area contributed by atoms with E-state index in [1.807, 2.05) is 49.4 Å². The minimum atomic E-state index is -0.219. The Morgan fingerprint density at radius 2 is 1.96 bits per heavy atom. The summed E-state index contributed by atoms with van der Waals surface area (Å²) in [5, 5.41) is 5.48. The normalized spacial score (nSPS) is 9.54.